The molecule has 1 atom stereocenters. The fraction of sp³-hybridized carbons (Fsp3) is 0.316. The minimum Gasteiger partial charge on any atom is -0.481 e. The van der Waals surface area contributed by atoms with E-state index >= 15 is 0 Å². The number of amides is 1. The van der Waals surface area contributed by atoms with Crippen LogP contribution in [0.5, 0.6) is 5.75 Å². The monoisotopic (exact) mass is 406 g/mol. The Labute approximate surface area is 155 Å². The lowest BCUT2D eigenvalue weighted by Gasteiger charge is -2.23. The van der Waals surface area contributed by atoms with Crippen molar-refractivity contribution in [3.8, 4) is 5.75 Å². The first-order valence-electron chi connectivity index (χ1n) is 8.31. The van der Waals surface area contributed by atoms with Crippen LogP contribution in [0.3, 0.4) is 0 Å². The van der Waals surface area contributed by atoms with E-state index in [1.54, 1.807) is 25.1 Å². The number of carbonyl (C=O) groups excluding carboxylic acids is 1. The average Bonchev–Trinajstić information content (AvgIpc) is 3.13. The minimum atomic E-state index is -0.743. The number of ether oxygens (including phenoxy) is 1. The van der Waals surface area contributed by atoms with Crippen LogP contribution >= 0.6 is 15.9 Å². The Balaban J connectivity index is 1.72. The minimum absolute atomic E-state index is 0.223. The second-order valence-corrected chi connectivity index (χ2v) is 6.95. The first kappa shape index (κ1) is 17.7. The molecule has 3 rings (SSSR count). The largest absolute Gasteiger partial charge is 0.481 e. The summed E-state index contributed by atoms with van der Waals surface area (Å²) in [5.41, 5.74) is 0.947. The predicted octanol–water partition coefficient (Wildman–Crippen LogP) is 4.59. The van der Waals surface area contributed by atoms with E-state index in [0.29, 0.717) is 5.75 Å². The summed E-state index contributed by atoms with van der Waals surface area (Å²) in [6, 6.07) is 12.1. The van der Waals surface area contributed by atoms with E-state index in [9.17, 15) is 9.18 Å². The smallest absolute Gasteiger partial charge is 0.265 e. The highest BCUT2D eigenvalue weighted by molar-refractivity contribution is 9.10. The molecule has 132 valence electrons. The van der Waals surface area contributed by atoms with Crippen LogP contribution in [0.2, 0.25) is 0 Å². The summed E-state index contributed by atoms with van der Waals surface area (Å²) in [6.45, 7) is 3.39. The Kier molecular flexibility index (Phi) is 5.58. The van der Waals surface area contributed by atoms with Crippen molar-refractivity contribution in [3.63, 3.8) is 0 Å². The van der Waals surface area contributed by atoms with Crippen molar-refractivity contribution < 1.29 is 13.9 Å². The molecule has 1 fully saturated rings. The highest BCUT2D eigenvalue weighted by Crippen LogP contribution is 2.31. The molecule has 1 aliphatic rings. The van der Waals surface area contributed by atoms with Crippen LogP contribution in [0.15, 0.2) is 46.9 Å². The third-order valence-electron chi connectivity index (χ3n) is 4.18. The third-order valence-corrected chi connectivity index (χ3v) is 4.71. The molecule has 6 heteroatoms. The number of benzene rings is 2. The van der Waals surface area contributed by atoms with Gasteiger partial charge >= 0.3 is 0 Å². The van der Waals surface area contributed by atoms with Crippen molar-refractivity contribution in [1.29, 1.82) is 0 Å². The summed E-state index contributed by atoms with van der Waals surface area (Å²) in [7, 11) is 0. The van der Waals surface area contributed by atoms with Crippen molar-refractivity contribution in [2.75, 3.05) is 23.3 Å². The maximum absolute atomic E-state index is 14.3. The van der Waals surface area contributed by atoms with Gasteiger partial charge in [-0.3, -0.25) is 4.79 Å². The predicted molar refractivity (Wildman–Crippen MR) is 101 cm³/mol. The fourth-order valence-corrected chi connectivity index (χ4v) is 3.12. The maximum Gasteiger partial charge on any atom is 0.265 e. The number of nitrogens with one attached hydrogen (secondary N) is 1. The Morgan fingerprint density at radius 1 is 1.20 bits per heavy atom. The summed E-state index contributed by atoms with van der Waals surface area (Å²) < 4.78 is 20.9. The maximum atomic E-state index is 14.3. The fourth-order valence-electron chi connectivity index (χ4n) is 2.85. The lowest BCUT2D eigenvalue weighted by Crippen LogP contribution is -2.31. The van der Waals surface area contributed by atoms with Gasteiger partial charge in [0.25, 0.3) is 5.91 Å². The zero-order valence-corrected chi connectivity index (χ0v) is 15.6. The summed E-state index contributed by atoms with van der Waals surface area (Å²) in [5.74, 6) is -0.235. The van der Waals surface area contributed by atoms with Gasteiger partial charge in [0, 0.05) is 17.6 Å². The standard InChI is InChI=1S/C19H20BrFN2O2/c1-13(25-15-9-7-14(20)8-10-15)19(24)22-18-16(21)5-4-6-17(18)23-11-2-3-12-23/h4-10,13H,2-3,11-12H2,1H3,(H,22,24). The van der Waals surface area contributed by atoms with Crippen molar-refractivity contribution in [2.45, 2.75) is 25.9 Å². The summed E-state index contributed by atoms with van der Waals surface area (Å²) >= 11 is 3.35. The molecule has 0 aliphatic carbocycles. The van der Waals surface area contributed by atoms with Crippen molar-refractivity contribution in [1.82, 2.24) is 0 Å². The van der Waals surface area contributed by atoms with E-state index < -0.39 is 11.9 Å². The molecule has 25 heavy (non-hydrogen) atoms. The molecule has 1 heterocycles. The molecule has 1 aliphatic heterocycles. The van der Waals surface area contributed by atoms with Gasteiger partial charge < -0.3 is 15.0 Å². The topological polar surface area (TPSA) is 41.6 Å². The molecule has 0 spiro atoms. The van der Waals surface area contributed by atoms with Gasteiger partial charge in [0.1, 0.15) is 17.3 Å². The molecule has 1 saturated heterocycles. The molecule has 1 N–H and O–H groups in total. The first-order valence-corrected chi connectivity index (χ1v) is 9.10. The second kappa shape index (κ2) is 7.87. The molecular formula is C19H20BrFN2O2. The van der Waals surface area contributed by atoms with Crippen molar-refractivity contribution in [3.05, 3.63) is 52.8 Å². The second-order valence-electron chi connectivity index (χ2n) is 6.03. The first-order chi connectivity index (χ1) is 12.0. The van der Waals surface area contributed by atoms with Gasteiger partial charge in [-0.05, 0) is 56.2 Å². The number of anilines is 2. The molecule has 0 aromatic heterocycles. The van der Waals surface area contributed by atoms with Gasteiger partial charge in [0.15, 0.2) is 6.10 Å². The van der Waals surface area contributed by atoms with Gasteiger partial charge in [-0.1, -0.05) is 22.0 Å². The molecule has 0 radical (unpaired) electrons. The number of carbonyl (C=O) groups is 1. The van der Waals surface area contributed by atoms with Crippen LogP contribution in [0.1, 0.15) is 19.8 Å². The van der Waals surface area contributed by atoms with Gasteiger partial charge in [-0.2, -0.15) is 0 Å². The van der Waals surface area contributed by atoms with Crippen LogP contribution in [0.4, 0.5) is 15.8 Å². The number of hydrogen-bond acceptors (Lipinski definition) is 3. The molecule has 2 aromatic rings. The molecule has 1 unspecified atom stereocenters. The number of rotatable bonds is 5. The molecule has 0 bridgehead atoms. The normalized spacial score (nSPS) is 15.1. The van der Waals surface area contributed by atoms with E-state index in [-0.39, 0.29) is 11.6 Å². The quantitative estimate of drug-likeness (QED) is 0.788. The van der Waals surface area contributed by atoms with Crippen LogP contribution in [0, 0.1) is 5.82 Å². The van der Waals surface area contributed by atoms with Gasteiger partial charge in [-0.15, -0.1) is 0 Å². The van der Waals surface area contributed by atoms with E-state index in [4.69, 9.17) is 4.74 Å². The van der Waals surface area contributed by atoms with Crippen LogP contribution in [0.25, 0.3) is 0 Å². The van der Waals surface area contributed by atoms with Crippen LogP contribution in [-0.4, -0.2) is 25.1 Å². The van der Waals surface area contributed by atoms with Gasteiger partial charge in [-0.25, -0.2) is 4.39 Å². The zero-order valence-electron chi connectivity index (χ0n) is 14.0. The number of nitrogens with zero attached hydrogens (tertiary/aromatic N) is 1. The van der Waals surface area contributed by atoms with Gasteiger partial charge in [0.2, 0.25) is 0 Å². The lowest BCUT2D eigenvalue weighted by molar-refractivity contribution is -0.122. The molecule has 2 aromatic carbocycles. The number of para-hydroxylation sites is 1. The summed E-state index contributed by atoms with van der Waals surface area (Å²) in [5, 5.41) is 2.70. The summed E-state index contributed by atoms with van der Waals surface area (Å²) in [6.07, 6.45) is 1.41. The SMILES string of the molecule is CC(Oc1ccc(Br)cc1)C(=O)Nc1c(F)cccc1N1CCCC1. The van der Waals surface area contributed by atoms with E-state index in [0.717, 1.165) is 36.1 Å². The Morgan fingerprint density at radius 2 is 1.88 bits per heavy atom. The Bertz CT molecular complexity index is 746. The van der Waals surface area contributed by atoms with Crippen molar-refractivity contribution >= 4 is 33.2 Å². The van der Waals surface area contributed by atoms with Crippen LogP contribution in [-0.2, 0) is 4.79 Å². The highest BCUT2D eigenvalue weighted by atomic mass is 79.9. The Morgan fingerprint density at radius 3 is 2.56 bits per heavy atom. The van der Waals surface area contributed by atoms with Gasteiger partial charge in [0.05, 0.1) is 5.69 Å². The lowest BCUT2D eigenvalue weighted by atomic mass is 10.2. The number of halogens is 2. The zero-order chi connectivity index (χ0) is 17.8. The van der Waals surface area contributed by atoms with Crippen LogP contribution < -0.4 is 15.0 Å². The average molecular weight is 407 g/mol. The van der Waals surface area contributed by atoms with E-state index in [1.165, 1.54) is 6.07 Å². The number of hydrogen-bond donors (Lipinski definition) is 1. The summed E-state index contributed by atoms with van der Waals surface area (Å²) in [4.78, 5) is 14.6. The third kappa shape index (κ3) is 4.31. The molecule has 4 nitrogen and oxygen atoms in total. The Hall–Kier alpha value is -2.08. The molecular weight excluding hydrogens is 387 g/mol. The van der Waals surface area contributed by atoms with E-state index in [1.807, 2.05) is 18.2 Å². The highest BCUT2D eigenvalue weighted by Gasteiger charge is 2.22. The van der Waals surface area contributed by atoms with Crippen molar-refractivity contribution in [2.24, 2.45) is 0 Å². The van der Waals surface area contributed by atoms with E-state index in [2.05, 4.69) is 26.1 Å². The molecule has 1 amide bonds. The molecule has 0 saturated carbocycles.